The second-order valence-corrected chi connectivity index (χ2v) is 7.60. The van der Waals surface area contributed by atoms with E-state index in [4.69, 9.17) is 11.6 Å². The highest BCUT2D eigenvalue weighted by Crippen LogP contribution is 2.53. The zero-order valence-corrected chi connectivity index (χ0v) is 11.3. The summed E-state index contributed by atoms with van der Waals surface area (Å²) >= 11 is 9.23. The Bertz CT molecular complexity index is 486. The van der Waals surface area contributed by atoms with Crippen molar-refractivity contribution in [3.8, 4) is 0 Å². The van der Waals surface area contributed by atoms with Crippen molar-refractivity contribution >= 4 is 37.4 Å². The molecule has 0 bridgehead atoms. The van der Waals surface area contributed by atoms with Crippen molar-refractivity contribution < 1.29 is 8.42 Å². The van der Waals surface area contributed by atoms with E-state index in [1.54, 1.807) is 12.1 Å². The fourth-order valence-electron chi connectivity index (χ4n) is 1.80. The molecule has 0 amide bonds. The predicted octanol–water partition coefficient (Wildman–Crippen LogP) is 3.14. The maximum Gasteiger partial charge on any atom is 0.157 e. The molecule has 0 N–H and O–H groups in total. The summed E-state index contributed by atoms with van der Waals surface area (Å²) in [6.45, 7) is 0. The molecule has 0 aliphatic heterocycles. The van der Waals surface area contributed by atoms with Gasteiger partial charge in [-0.2, -0.15) is 0 Å². The van der Waals surface area contributed by atoms with Crippen molar-refractivity contribution in [2.24, 2.45) is 0 Å². The Hall–Kier alpha value is -0.0600. The van der Waals surface area contributed by atoms with E-state index in [1.807, 2.05) is 6.07 Å². The van der Waals surface area contributed by atoms with Crippen molar-refractivity contribution in [1.82, 2.24) is 0 Å². The van der Waals surface area contributed by atoms with E-state index in [0.29, 0.717) is 17.9 Å². The van der Waals surface area contributed by atoms with Crippen LogP contribution >= 0.6 is 27.5 Å². The third-order valence-electron chi connectivity index (χ3n) is 2.80. The summed E-state index contributed by atoms with van der Waals surface area (Å²) < 4.78 is 23.5. The lowest BCUT2D eigenvalue weighted by atomic mass is 10.1. The summed E-state index contributed by atoms with van der Waals surface area (Å²) in [5.74, 6) is 0. The minimum absolute atomic E-state index is 0.564. The van der Waals surface area contributed by atoms with Crippen LogP contribution in [0.4, 0.5) is 0 Å². The number of hydrogen-bond acceptors (Lipinski definition) is 2. The summed E-state index contributed by atoms with van der Waals surface area (Å²) in [5, 5.41) is 0.564. The van der Waals surface area contributed by atoms with E-state index < -0.39 is 14.6 Å². The zero-order valence-electron chi connectivity index (χ0n) is 8.13. The molecular formula is C10H10BrClO2S. The fraction of sp³-hybridized carbons (Fsp3) is 0.400. The minimum atomic E-state index is -3.06. The van der Waals surface area contributed by atoms with Gasteiger partial charge < -0.3 is 0 Å². The molecule has 0 unspecified atom stereocenters. The molecule has 2 nitrogen and oxygen atoms in total. The van der Waals surface area contributed by atoms with Gasteiger partial charge in [0.05, 0.1) is 4.75 Å². The Morgan fingerprint density at radius 2 is 1.93 bits per heavy atom. The van der Waals surface area contributed by atoms with Gasteiger partial charge in [-0.1, -0.05) is 27.5 Å². The standard InChI is InChI=1S/C10H10BrClO2S/c1-15(13,14)10(2-3-10)7-4-8(11)6-9(12)5-7/h4-6H,2-3H2,1H3. The topological polar surface area (TPSA) is 34.1 Å². The average molecular weight is 310 g/mol. The zero-order chi connectivity index (χ0) is 11.3. The van der Waals surface area contributed by atoms with E-state index in [2.05, 4.69) is 15.9 Å². The van der Waals surface area contributed by atoms with Crippen LogP contribution in [0.25, 0.3) is 0 Å². The van der Waals surface area contributed by atoms with Crippen LogP contribution in [0.2, 0.25) is 5.02 Å². The smallest absolute Gasteiger partial charge is 0.157 e. The van der Waals surface area contributed by atoms with Gasteiger partial charge in [0.2, 0.25) is 0 Å². The van der Waals surface area contributed by atoms with Gasteiger partial charge in [-0.25, -0.2) is 8.42 Å². The highest BCUT2D eigenvalue weighted by Gasteiger charge is 2.53. The van der Waals surface area contributed by atoms with Crippen LogP contribution in [0.5, 0.6) is 0 Å². The molecule has 0 saturated heterocycles. The number of hydrogen-bond donors (Lipinski definition) is 0. The molecule has 82 valence electrons. The Kier molecular flexibility index (Phi) is 2.64. The number of sulfone groups is 1. The van der Waals surface area contributed by atoms with Crippen molar-refractivity contribution in [2.45, 2.75) is 17.6 Å². The number of halogens is 2. The van der Waals surface area contributed by atoms with E-state index in [-0.39, 0.29) is 0 Å². The van der Waals surface area contributed by atoms with Crippen LogP contribution in [-0.4, -0.2) is 14.7 Å². The van der Waals surface area contributed by atoms with E-state index >= 15 is 0 Å². The van der Waals surface area contributed by atoms with Gasteiger partial charge in [0.1, 0.15) is 0 Å². The van der Waals surface area contributed by atoms with Crippen LogP contribution in [0, 0.1) is 0 Å². The lowest BCUT2D eigenvalue weighted by molar-refractivity contribution is 0.586. The lowest BCUT2D eigenvalue weighted by Gasteiger charge is -2.14. The van der Waals surface area contributed by atoms with Gasteiger partial charge in [-0.05, 0) is 36.6 Å². The fourth-order valence-corrected chi connectivity index (χ4v) is 4.05. The molecule has 1 aromatic carbocycles. The lowest BCUT2D eigenvalue weighted by Crippen LogP contribution is -2.19. The molecule has 1 saturated carbocycles. The Morgan fingerprint density at radius 1 is 1.33 bits per heavy atom. The first-order chi connectivity index (χ1) is 6.85. The molecule has 1 fully saturated rings. The number of benzene rings is 1. The summed E-state index contributed by atoms with van der Waals surface area (Å²) in [6.07, 6.45) is 2.67. The Balaban J connectivity index is 2.56. The molecule has 0 aromatic heterocycles. The van der Waals surface area contributed by atoms with Gasteiger partial charge in [-0.15, -0.1) is 0 Å². The molecule has 1 aliphatic rings. The monoisotopic (exact) mass is 308 g/mol. The van der Waals surface area contributed by atoms with Crippen LogP contribution in [-0.2, 0) is 14.6 Å². The molecule has 0 heterocycles. The maximum atomic E-state index is 11.7. The maximum absolute atomic E-state index is 11.7. The second-order valence-electron chi connectivity index (χ2n) is 3.92. The SMILES string of the molecule is CS(=O)(=O)C1(c2cc(Cl)cc(Br)c2)CC1. The van der Waals surface area contributed by atoms with E-state index in [1.165, 1.54) is 6.26 Å². The first-order valence-electron chi connectivity index (χ1n) is 4.51. The Labute approximate surface area is 103 Å². The third kappa shape index (κ3) is 1.95. The summed E-state index contributed by atoms with van der Waals surface area (Å²) in [7, 11) is -3.06. The van der Waals surface area contributed by atoms with Gasteiger partial charge in [0, 0.05) is 15.8 Å². The summed E-state index contributed by atoms with van der Waals surface area (Å²) in [4.78, 5) is 0. The molecule has 1 aliphatic carbocycles. The van der Waals surface area contributed by atoms with Crippen molar-refractivity contribution in [2.75, 3.05) is 6.26 Å². The van der Waals surface area contributed by atoms with Gasteiger partial charge >= 0.3 is 0 Å². The van der Waals surface area contributed by atoms with Crippen LogP contribution in [0.15, 0.2) is 22.7 Å². The molecule has 15 heavy (non-hydrogen) atoms. The normalized spacial score (nSPS) is 18.9. The van der Waals surface area contributed by atoms with Gasteiger partial charge in [0.25, 0.3) is 0 Å². The average Bonchev–Trinajstić information content (AvgIpc) is 2.79. The number of rotatable bonds is 2. The highest BCUT2D eigenvalue weighted by atomic mass is 79.9. The third-order valence-corrected chi connectivity index (χ3v) is 5.54. The molecule has 0 atom stereocenters. The summed E-state index contributed by atoms with van der Waals surface area (Å²) in [5.41, 5.74) is 0.796. The highest BCUT2D eigenvalue weighted by molar-refractivity contribution is 9.10. The van der Waals surface area contributed by atoms with Crippen molar-refractivity contribution in [3.63, 3.8) is 0 Å². The van der Waals surface area contributed by atoms with Crippen molar-refractivity contribution in [1.29, 1.82) is 0 Å². The van der Waals surface area contributed by atoms with Crippen LogP contribution < -0.4 is 0 Å². The largest absolute Gasteiger partial charge is 0.228 e. The molecule has 0 radical (unpaired) electrons. The van der Waals surface area contributed by atoms with Crippen LogP contribution in [0.1, 0.15) is 18.4 Å². The van der Waals surface area contributed by atoms with E-state index in [9.17, 15) is 8.42 Å². The van der Waals surface area contributed by atoms with Gasteiger partial charge in [0.15, 0.2) is 9.84 Å². The van der Waals surface area contributed by atoms with E-state index in [0.717, 1.165) is 10.0 Å². The first kappa shape index (κ1) is 11.4. The molecule has 5 heteroatoms. The Morgan fingerprint density at radius 3 is 2.33 bits per heavy atom. The quantitative estimate of drug-likeness (QED) is 0.841. The minimum Gasteiger partial charge on any atom is -0.228 e. The second kappa shape index (κ2) is 3.47. The molecule has 2 rings (SSSR count). The molecular weight excluding hydrogens is 300 g/mol. The van der Waals surface area contributed by atoms with Crippen molar-refractivity contribution in [3.05, 3.63) is 33.3 Å². The van der Waals surface area contributed by atoms with Crippen LogP contribution in [0.3, 0.4) is 0 Å². The molecule has 0 spiro atoms. The first-order valence-corrected chi connectivity index (χ1v) is 7.58. The van der Waals surface area contributed by atoms with Gasteiger partial charge in [-0.3, -0.25) is 0 Å². The summed E-state index contributed by atoms with van der Waals surface area (Å²) in [6, 6.07) is 5.32. The molecule has 1 aromatic rings. The predicted molar refractivity (Wildman–Crippen MR) is 64.9 cm³/mol.